The first-order valence-electron chi connectivity index (χ1n) is 7.51. The van der Waals surface area contributed by atoms with Crippen molar-refractivity contribution in [3.63, 3.8) is 0 Å². The first-order valence-corrected chi connectivity index (χ1v) is 7.51. The smallest absolute Gasteiger partial charge is 0.374 e. The van der Waals surface area contributed by atoms with Gasteiger partial charge in [-0.3, -0.25) is 4.79 Å². The Kier molecular flexibility index (Phi) is 5.30. The topological polar surface area (TPSA) is 79.2 Å². The highest BCUT2D eigenvalue weighted by molar-refractivity contribution is 5.78. The van der Waals surface area contributed by atoms with Crippen molar-refractivity contribution >= 4 is 5.91 Å². The lowest BCUT2D eigenvalue weighted by Crippen LogP contribution is -2.47. The second kappa shape index (κ2) is 6.88. The number of halogens is 3. The maximum atomic E-state index is 13.3. The van der Waals surface area contributed by atoms with Crippen LogP contribution in [0.25, 0.3) is 0 Å². The summed E-state index contributed by atoms with van der Waals surface area (Å²) in [6.45, 7) is 1.09. The van der Waals surface area contributed by atoms with Crippen molar-refractivity contribution in [3.05, 3.63) is 18.2 Å². The summed E-state index contributed by atoms with van der Waals surface area (Å²) < 4.78 is 41.0. The number of aromatic nitrogens is 2. The van der Waals surface area contributed by atoms with Crippen LogP contribution in [-0.4, -0.2) is 46.4 Å². The minimum absolute atomic E-state index is 0.240. The Balaban J connectivity index is 2.00. The van der Waals surface area contributed by atoms with Gasteiger partial charge in [-0.1, -0.05) is 0 Å². The Labute approximate surface area is 132 Å². The predicted molar refractivity (Wildman–Crippen MR) is 76.4 cm³/mol. The third-order valence-corrected chi connectivity index (χ3v) is 4.11. The van der Waals surface area contributed by atoms with E-state index in [2.05, 4.69) is 15.6 Å². The molecule has 9 heteroatoms. The average Bonchev–Trinajstić information content (AvgIpc) is 2.93. The lowest BCUT2D eigenvalue weighted by molar-refractivity contribution is -0.272. The summed E-state index contributed by atoms with van der Waals surface area (Å²) in [6, 6.07) is 0. The van der Waals surface area contributed by atoms with Crippen LogP contribution in [0, 0.1) is 5.92 Å². The van der Waals surface area contributed by atoms with Crippen LogP contribution in [0.3, 0.4) is 0 Å². The molecule has 23 heavy (non-hydrogen) atoms. The lowest BCUT2D eigenvalue weighted by atomic mass is 9.96. The monoisotopic (exact) mass is 334 g/mol. The molecule has 0 unspecified atom stereocenters. The van der Waals surface area contributed by atoms with E-state index in [1.807, 2.05) is 0 Å². The number of carbonyl (C=O) groups is 1. The van der Waals surface area contributed by atoms with E-state index in [1.54, 1.807) is 0 Å². The van der Waals surface area contributed by atoms with Gasteiger partial charge in [0.25, 0.3) is 0 Å². The van der Waals surface area contributed by atoms with Crippen molar-refractivity contribution in [1.29, 1.82) is 0 Å². The SMILES string of the molecule is Cn1ccnc1[C@](O)(CCNC(=O)[C@H]1CCCNC1)C(F)(F)F. The summed E-state index contributed by atoms with van der Waals surface area (Å²) >= 11 is 0. The third kappa shape index (κ3) is 3.84. The Hall–Kier alpha value is -1.61. The van der Waals surface area contributed by atoms with Gasteiger partial charge in [0.1, 0.15) is 5.82 Å². The maximum absolute atomic E-state index is 13.3. The molecule has 2 heterocycles. The highest BCUT2D eigenvalue weighted by atomic mass is 19.4. The van der Waals surface area contributed by atoms with Crippen molar-refractivity contribution in [2.45, 2.75) is 31.0 Å². The highest BCUT2D eigenvalue weighted by Gasteiger charge is 2.57. The fraction of sp³-hybridized carbons (Fsp3) is 0.714. The molecule has 1 aromatic heterocycles. The number of rotatable bonds is 5. The van der Waals surface area contributed by atoms with Gasteiger partial charge >= 0.3 is 6.18 Å². The van der Waals surface area contributed by atoms with Crippen LogP contribution in [0.4, 0.5) is 13.2 Å². The molecule has 130 valence electrons. The van der Waals surface area contributed by atoms with Crippen molar-refractivity contribution in [3.8, 4) is 0 Å². The number of amides is 1. The van der Waals surface area contributed by atoms with E-state index in [0.717, 1.165) is 17.5 Å². The van der Waals surface area contributed by atoms with Gasteiger partial charge in [-0.2, -0.15) is 13.2 Å². The van der Waals surface area contributed by atoms with Crippen LogP contribution in [0.15, 0.2) is 12.4 Å². The molecule has 1 saturated heterocycles. The number of imidazole rings is 1. The number of aliphatic hydroxyl groups is 1. The van der Waals surface area contributed by atoms with E-state index in [0.29, 0.717) is 13.0 Å². The summed E-state index contributed by atoms with van der Waals surface area (Å²) in [7, 11) is 1.38. The van der Waals surface area contributed by atoms with Gasteiger partial charge < -0.3 is 20.3 Å². The Morgan fingerprint density at radius 1 is 1.57 bits per heavy atom. The predicted octanol–water partition coefficient (Wildman–Crippen LogP) is 0.676. The molecule has 0 saturated carbocycles. The number of carbonyl (C=O) groups excluding carboxylic acids is 1. The minimum atomic E-state index is -4.89. The third-order valence-electron chi connectivity index (χ3n) is 4.11. The number of hydrogen-bond donors (Lipinski definition) is 3. The zero-order valence-electron chi connectivity index (χ0n) is 12.9. The Morgan fingerprint density at radius 3 is 2.83 bits per heavy atom. The van der Waals surface area contributed by atoms with Crippen molar-refractivity contribution < 1.29 is 23.1 Å². The van der Waals surface area contributed by atoms with Crippen molar-refractivity contribution in [2.75, 3.05) is 19.6 Å². The lowest BCUT2D eigenvalue weighted by Gasteiger charge is -2.30. The molecule has 0 aromatic carbocycles. The van der Waals surface area contributed by atoms with Crippen LogP contribution in [-0.2, 0) is 17.4 Å². The number of nitrogens with zero attached hydrogens (tertiary/aromatic N) is 2. The van der Waals surface area contributed by atoms with Crippen LogP contribution in [0.1, 0.15) is 25.1 Å². The van der Waals surface area contributed by atoms with E-state index >= 15 is 0 Å². The normalized spacial score (nSPS) is 21.7. The molecule has 2 rings (SSSR count). The summed E-state index contributed by atoms with van der Waals surface area (Å²) in [6.07, 6.45) is -1.48. The number of hydrogen-bond acceptors (Lipinski definition) is 4. The van der Waals surface area contributed by atoms with E-state index in [1.165, 1.54) is 19.4 Å². The largest absolute Gasteiger partial charge is 0.424 e. The molecular weight excluding hydrogens is 313 g/mol. The zero-order valence-corrected chi connectivity index (χ0v) is 12.9. The maximum Gasteiger partial charge on any atom is 0.424 e. The number of piperidine rings is 1. The fourth-order valence-electron chi connectivity index (χ4n) is 2.73. The summed E-state index contributed by atoms with van der Waals surface area (Å²) in [5, 5.41) is 15.7. The van der Waals surface area contributed by atoms with Gasteiger partial charge in [-0.25, -0.2) is 4.98 Å². The van der Waals surface area contributed by atoms with Crippen LogP contribution < -0.4 is 10.6 Å². The van der Waals surface area contributed by atoms with Crippen molar-refractivity contribution in [2.24, 2.45) is 13.0 Å². The average molecular weight is 334 g/mol. The van der Waals surface area contributed by atoms with Gasteiger partial charge in [0.2, 0.25) is 11.5 Å². The molecule has 0 spiro atoms. The van der Waals surface area contributed by atoms with E-state index in [4.69, 9.17) is 0 Å². The van der Waals surface area contributed by atoms with E-state index in [-0.39, 0.29) is 18.4 Å². The summed E-state index contributed by atoms with van der Waals surface area (Å²) in [5.41, 5.74) is -3.09. The molecule has 1 aromatic rings. The van der Waals surface area contributed by atoms with Crippen LogP contribution in [0.2, 0.25) is 0 Å². The molecule has 3 N–H and O–H groups in total. The van der Waals surface area contributed by atoms with E-state index < -0.39 is 24.0 Å². The zero-order chi connectivity index (χ0) is 17.1. The molecule has 1 amide bonds. The summed E-state index contributed by atoms with van der Waals surface area (Å²) in [4.78, 5) is 15.6. The number of alkyl halides is 3. The molecular formula is C14H21F3N4O2. The second-order valence-electron chi connectivity index (χ2n) is 5.80. The van der Waals surface area contributed by atoms with Crippen LogP contribution >= 0.6 is 0 Å². The van der Waals surface area contributed by atoms with Gasteiger partial charge in [0.15, 0.2) is 0 Å². The molecule has 0 aliphatic carbocycles. The first-order chi connectivity index (χ1) is 10.8. The molecule has 1 aliphatic rings. The molecule has 2 atom stereocenters. The van der Waals surface area contributed by atoms with Gasteiger partial charge in [-0.15, -0.1) is 0 Å². The Morgan fingerprint density at radius 2 is 2.30 bits per heavy atom. The number of nitrogens with one attached hydrogen (secondary N) is 2. The van der Waals surface area contributed by atoms with Gasteiger partial charge in [0.05, 0.1) is 5.92 Å². The second-order valence-corrected chi connectivity index (χ2v) is 5.80. The Bertz CT molecular complexity index is 540. The molecule has 0 bridgehead atoms. The quantitative estimate of drug-likeness (QED) is 0.740. The summed E-state index contributed by atoms with van der Waals surface area (Å²) in [5.74, 6) is -1.02. The molecule has 0 radical (unpaired) electrons. The minimum Gasteiger partial charge on any atom is -0.374 e. The van der Waals surface area contributed by atoms with Crippen molar-refractivity contribution in [1.82, 2.24) is 20.2 Å². The molecule has 1 aliphatic heterocycles. The number of aryl methyl sites for hydroxylation is 1. The highest BCUT2D eigenvalue weighted by Crippen LogP contribution is 2.40. The molecule has 1 fully saturated rings. The van der Waals surface area contributed by atoms with Gasteiger partial charge in [-0.05, 0) is 19.4 Å². The first kappa shape index (κ1) is 17.7. The van der Waals surface area contributed by atoms with Gasteiger partial charge in [0, 0.05) is 39.0 Å². The van der Waals surface area contributed by atoms with Crippen LogP contribution in [0.5, 0.6) is 0 Å². The standard InChI is InChI=1S/C14H21F3N4O2/c1-21-8-7-20-12(21)13(23,14(15,16)17)4-6-19-11(22)10-3-2-5-18-9-10/h7-8,10,18,23H,2-6,9H2,1H3,(H,19,22)/t10-,13+/m0/s1. The fourth-order valence-corrected chi connectivity index (χ4v) is 2.73. The molecule has 6 nitrogen and oxygen atoms in total. The van der Waals surface area contributed by atoms with E-state index in [9.17, 15) is 23.1 Å².